The van der Waals surface area contributed by atoms with Crippen molar-refractivity contribution in [1.82, 2.24) is 9.80 Å². The van der Waals surface area contributed by atoms with Crippen LogP contribution in [0.15, 0.2) is 35.4 Å². The Kier molecular flexibility index (Phi) is 6.95. The summed E-state index contributed by atoms with van der Waals surface area (Å²) in [6, 6.07) is 11.7. The van der Waals surface area contributed by atoms with Gasteiger partial charge in [-0.1, -0.05) is 38.5 Å². The van der Waals surface area contributed by atoms with Crippen LogP contribution in [0.4, 0.5) is 0 Å². The number of fused-ring (bicyclic) bond motifs is 1. The van der Waals surface area contributed by atoms with Crippen molar-refractivity contribution in [2.75, 3.05) is 13.1 Å². The van der Waals surface area contributed by atoms with Gasteiger partial charge in [-0.2, -0.15) is 10.5 Å². The summed E-state index contributed by atoms with van der Waals surface area (Å²) >= 11 is 2.69. The normalized spacial score (nSPS) is 20.9. The zero-order valence-corrected chi connectivity index (χ0v) is 23.0. The maximum absolute atomic E-state index is 14.3. The van der Waals surface area contributed by atoms with Gasteiger partial charge in [-0.15, -0.1) is 22.7 Å². The molecule has 2 aromatic heterocycles. The summed E-state index contributed by atoms with van der Waals surface area (Å²) in [7, 11) is 0. The summed E-state index contributed by atoms with van der Waals surface area (Å²) in [6.07, 6.45) is 11.5. The Bertz CT molecular complexity index is 1310. The summed E-state index contributed by atoms with van der Waals surface area (Å²) in [5, 5.41) is 19.0. The molecule has 0 N–H and O–H groups in total. The summed E-state index contributed by atoms with van der Waals surface area (Å²) in [6.45, 7) is 1.19. The molecular formula is C30H30N4O2S2. The fourth-order valence-corrected chi connectivity index (χ4v) is 8.29. The van der Waals surface area contributed by atoms with E-state index in [1.54, 1.807) is 12.1 Å². The summed E-state index contributed by atoms with van der Waals surface area (Å²) in [5.41, 5.74) is 2.31. The lowest BCUT2D eigenvalue weighted by Gasteiger charge is -2.31. The maximum Gasteiger partial charge on any atom is 0.261 e. The minimum Gasteiger partial charge on any atom is -0.306 e. The molecule has 0 atom stereocenters. The highest BCUT2D eigenvalue weighted by molar-refractivity contribution is 7.14. The number of rotatable bonds is 6. The van der Waals surface area contributed by atoms with Crippen LogP contribution in [0.2, 0.25) is 0 Å². The third kappa shape index (κ3) is 4.40. The van der Waals surface area contributed by atoms with Crippen LogP contribution in [0, 0.1) is 34.5 Å². The fourth-order valence-electron chi connectivity index (χ4n) is 6.56. The van der Waals surface area contributed by atoms with Crippen LogP contribution in [0.1, 0.15) is 83.7 Å². The highest BCUT2D eigenvalue weighted by atomic mass is 32.1. The number of nitrogens with zero attached hydrogens (tertiary/aromatic N) is 4. The highest BCUT2D eigenvalue weighted by Gasteiger charge is 2.50. The Hall–Kier alpha value is -3.20. The van der Waals surface area contributed by atoms with E-state index >= 15 is 0 Å². The molecule has 0 unspecified atom stereocenters. The van der Waals surface area contributed by atoms with Crippen molar-refractivity contribution in [3.8, 4) is 12.1 Å². The van der Waals surface area contributed by atoms with Crippen molar-refractivity contribution in [1.29, 1.82) is 10.5 Å². The van der Waals surface area contributed by atoms with Gasteiger partial charge >= 0.3 is 0 Å². The number of hydrogen-bond acceptors (Lipinski definition) is 6. The molecule has 2 amide bonds. The number of thiophene rings is 2. The zero-order chi connectivity index (χ0) is 26.2. The Morgan fingerprint density at radius 3 is 1.39 bits per heavy atom. The second-order valence-corrected chi connectivity index (χ2v) is 13.0. The molecule has 2 aliphatic carbocycles. The molecular weight excluding hydrogens is 512 g/mol. The average molecular weight is 543 g/mol. The fraction of sp³-hybridized carbons (Fsp3) is 0.467. The van der Waals surface area contributed by atoms with Gasteiger partial charge in [-0.25, -0.2) is 0 Å². The van der Waals surface area contributed by atoms with E-state index in [9.17, 15) is 20.1 Å². The molecule has 0 spiro atoms. The van der Waals surface area contributed by atoms with E-state index < -0.39 is 0 Å². The van der Waals surface area contributed by atoms with Gasteiger partial charge in [0.05, 0.1) is 32.3 Å². The van der Waals surface area contributed by atoms with E-state index in [2.05, 4.69) is 12.1 Å². The van der Waals surface area contributed by atoms with E-state index in [-0.39, 0.29) is 11.8 Å². The van der Waals surface area contributed by atoms with Crippen LogP contribution in [0.5, 0.6) is 0 Å². The number of carbonyl (C=O) groups is 2. The number of hydrogen-bond donors (Lipinski definition) is 0. The standard InChI is InChI=1S/C30H30N4O2S2/c31-15-21-11-13-23(37-21)27-25-26(29(35)33(27)17-19-7-3-1-4-8-19)28(24-14-12-22(16-32)38-24)34(30(25)36)18-20-9-5-2-6-10-20/h11-14,19-20H,1-10,17-18H2. The van der Waals surface area contributed by atoms with Gasteiger partial charge in [-0.3, -0.25) is 9.59 Å². The van der Waals surface area contributed by atoms with Crippen LogP contribution in [-0.4, -0.2) is 34.7 Å². The molecule has 194 valence electrons. The maximum atomic E-state index is 14.3. The molecule has 2 aliphatic heterocycles. The van der Waals surface area contributed by atoms with Crippen molar-refractivity contribution >= 4 is 45.9 Å². The molecule has 0 bridgehead atoms. The Balaban J connectivity index is 1.50. The van der Waals surface area contributed by atoms with Crippen LogP contribution in [0.25, 0.3) is 11.4 Å². The summed E-state index contributed by atoms with van der Waals surface area (Å²) < 4.78 is 0. The number of carbonyl (C=O) groups excluding carboxylic acids is 2. The smallest absolute Gasteiger partial charge is 0.261 e. The molecule has 0 aromatic carbocycles. The lowest BCUT2D eigenvalue weighted by atomic mass is 9.88. The van der Waals surface area contributed by atoms with E-state index in [4.69, 9.17) is 0 Å². The molecule has 8 heteroatoms. The lowest BCUT2D eigenvalue weighted by molar-refractivity contribution is -0.124. The third-order valence-electron chi connectivity index (χ3n) is 8.41. The van der Waals surface area contributed by atoms with Crippen LogP contribution < -0.4 is 0 Å². The molecule has 38 heavy (non-hydrogen) atoms. The number of nitriles is 2. The van der Waals surface area contributed by atoms with Gasteiger partial charge in [-0.05, 0) is 61.8 Å². The second kappa shape index (κ2) is 10.5. The molecule has 4 heterocycles. The first kappa shape index (κ1) is 25.1. The largest absolute Gasteiger partial charge is 0.306 e. The molecule has 2 saturated carbocycles. The van der Waals surface area contributed by atoms with Gasteiger partial charge in [0.1, 0.15) is 21.9 Å². The van der Waals surface area contributed by atoms with Crippen molar-refractivity contribution in [3.05, 3.63) is 54.9 Å². The van der Waals surface area contributed by atoms with Crippen molar-refractivity contribution in [3.63, 3.8) is 0 Å². The quantitative estimate of drug-likeness (QED) is 0.416. The molecule has 0 saturated heterocycles. The topological polar surface area (TPSA) is 88.2 Å². The van der Waals surface area contributed by atoms with E-state index in [1.165, 1.54) is 61.2 Å². The first-order chi connectivity index (χ1) is 18.6. The molecule has 4 aliphatic rings. The molecule has 0 radical (unpaired) electrons. The predicted molar refractivity (Wildman–Crippen MR) is 148 cm³/mol. The van der Waals surface area contributed by atoms with E-state index in [0.717, 1.165) is 35.4 Å². The third-order valence-corrected chi connectivity index (χ3v) is 10.4. The Labute approximate surface area is 231 Å². The van der Waals surface area contributed by atoms with Gasteiger partial charge in [0, 0.05) is 13.1 Å². The predicted octanol–water partition coefficient (Wildman–Crippen LogP) is 6.52. The minimum absolute atomic E-state index is 0.117. The zero-order valence-electron chi connectivity index (χ0n) is 21.4. The Morgan fingerprint density at radius 1 is 0.658 bits per heavy atom. The molecule has 2 aromatic rings. The summed E-state index contributed by atoms with van der Waals surface area (Å²) in [5.74, 6) is 0.576. The van der Waals surface area contributed by atoms with Gasteiger partial charge < -0.3 is 9.80 Å². The first-order valence-electron chi connectivity index (χ1n) is 13.7. The lowest BCUT2D eigenvalue weighted by Crippen LogP contribution is -2.35. The Morgan fingerprint density at radius 2 is 1.05 bits per heavy atom. The second-order valence-electron chi connectivity index (χ2n) is 10.8. The monoisotopic (exact) mass is 542 g/mol. The van der Waals surface area contributed by atoms with Crippen molar-refractivity contribution < 1.29 is 9.59 Å². The van der Waals surface area contributed by atoms with Crippen LogP contribution in [-0.2, 0) is 9.59 Å². The molecule has 2 fully saturated rings. The van der Waals surface area contributed by atoms with Gasteiger partial charge in [0.2, 0.25) is 0 Å². The van der Waals surface area contributed by atoms with Crippen molar-refractivity contribution in [2.24, 2.45) is 11.8 Å². The van der Waals surface area contributed by atoms with E-state index in [1.807, 2.05) is 21.9 Å². The highest BCUT2D eigenvalue weighted by Crippen LogP contribution is 2.49. The summed E-state index contributed by atoms with van der Waals surface area (Å²) in [4.78, 5) is 35.0. The first-order valence-corrected chi connectivity index (χ1v) is 15.4. The SMILES string of the molecule is N#Cc1ccc(C2=C3C(=O)N(CC4CCCCC4)C(c4ccc(C#N)s4)=C3C(=O)N2CC2CCCCC2)s1. The average Bonchev–Trinajstić information content (AvgIpc) is 3.72. The van der Waals surface area contributed by atoms with E-state index in [0.29, 0.717) is 57.2 Å². The van der Waals surface area contributed by atoms with Gasteiger partial charge in [0.25, 0.3) is 11.8 Å². The van der Waals surface area contributed by atoms with Gasteiger partial charge in [0.15, 0.2) is 0 Å². The minimum atomic E-state index is -0.117. The van der Waals surface area contributed by atoms with Crippen molar-refractivity contribution in [2.45, 2.75) is 64.2 Å². The molecule has 6 nitrogen and oxygen atoms in total. The van der Waals surface area contributed by atoms with Crippen LogP contribution >= 0.6 is 22.7 Å². The number of amides is 2. The van der Waals surface area contributed by atoms with Crippen LogP contribution in [0.3, 0.4) is 0 Å². The molecule has 6 rings (SSSR count).